The third kappa shape index (κ3) is 8.14. The van der Waals surface area contributed by atoms with Gasteiger partial charge in [-0.3, -0.25) is 9.69 Å². The monoisotopic (exact) mass is 524 g/mol. The molecule has 2 amide bonds. The molecule has 0 bridgehead atoms. The van der Waals surface area contributed by atoms with Crippen molar-refractivity contribution in [1.82, 2.24) is 0 Å². The molecule has 7 heteroatoms. The van der Waals surface area contributed by atoms with Crippen LogP contribution < -0.4 is 10.2 Å². The minimum atomic E-state index is -0.816. The molecule has 0 heterocycles. The Morgan fingerprint density at radius 3 is 2.11 bits per heavy atom. The number of halogens is 2. The van der Waals surface area contributed by atoms with Gasteiger partial charge in [0.25, 0.3) is 0 Å². The fourth-order valence-corrected chi connectivity index (χ4v) is 4.11. The molecule has 0 aliphatic heterocycles. The molecule has 0 atom stereocenters. The van der Waals surface area contributed by atoms with Crippen molar-refractivity contribution in [1.29, 1.82) is 0 Å². The van der Waals surface area contributed by atoms with Crippen LogP contribution in [0.15, 0.2) is 72.8 Å². The van der Waals surface area contributed by atoms with E-state index in [-0.39, 0.29) is 17.9 Å². The lowest BCUT2D eigenvalue weighted by Gasteiger charge is -2.25. The molecule has 0 aromatic heterocycles. The highest BCUT2D eigenvalue weighted by molar-refractivity contribution is 6.35. The van der Waals surface area contributed by atoms with E-state index in [0.29, 0.717) is 28.7 Å². The number of nitrogens with one attached hydrogen (secondary N) is 1. The summed E-state index contributed by atoms with van der Waals surface area (Å²) in [4.78, 5) is 25.7. The summed E-state index contributed by atoms with van der Waals surface area (Å²) in [5.41, 5.74) is 4.34. The zero-order valence-electron chi connectivity index (χ0n) is 20.6. The van der Waals surface area contributed by atoms with Crippen LogP contribution in [0.25, 0.3) is 6.08 Å². The number of urea groups is 1. The topological polar surface area (TPSA) is 69.6 Å². The molecule has 0 aliphatic rings. The average Bonchev–Trinajstić information content (AvgIpc) is 2.80. The maximum absolute atomic E-state index is 13.4. The summed E-state index contributed by atoms with van der Waals surface area (Å²) in [6.45, 7) is 6.78. The van der Waals surface area contributed by atoms with Crippen LogP contribution in [0.4, 0.5) is 16.2 Å². The number of carbonyl (C=O) groups excluding carboxylic acids is 1. The molecule has 188 valence electrons. The fourth-order valence-electron chi connectivity index (χ4n) is 3.58. The highest BCUT2D eigenvalue weighted by Gasteiger charge is 2.19. The number of aliphatic carboxylic acids is 1. The fraction of sp³-hybridized carbons (Fsp3) is 0.241. The van der Waals surface area contributed by atoms with E-state index in [1.165, 1.54) is 5.56 Å². The number of carboxylic acid groups (broad SMARTS) is 1. The maximum atomic E-state index is 13.4. The van der Waals surface area contributed by atoms with Crippen LogP contribution in [0.2, 0.25) is 10.0 Å². The summed E-state index contributed by atoms with van der Waals surface area (Å²) >= 11 is 12.2. The second-order valence-electron chi connectivity index (χ2n) is 9.55. The first-order valence-corrected chi connectivity index (χ1v) is 12.4. The molecule has 0 saturated carbocycles. The molecule has 0 fully saturated rings. The summed E-state index contributed by atoms with van der Waals surface area (Å²) in [5, 5.41) is 12.5. The van der Waals surface area contributed by atoms with Gasteiger partial charge in [0.15, 0.2) is 0 Å². The van der Waals surface area contributed by atoms with Gasteiger partial charge in [0.05, 0.1) is 6.54 Å². The van der Waals surface area contributed by atoms with Crippen molar-refractivity contribution in [2.24, 2.45) is 0 Å². The Balaban J connectivity index is 1.83. The van der Waals surface area contributed by atoms with Gasteiger partial charge in [-0.2, -0.15) is 0 Å². The van der Waals surface area contributed by atoms with Crippen molar-refractivity contribution in [3.05, 3.63) is 99.5 Å². The molecule has 36 heavy (non-hydrogen) atoms. The predicted octanol–water partition coefficient (Wildman–Crippen LogP) is 8.41. The number of rotatable bonds is 8. The normalized spacial score (nSPS) is 11.5. The summed E-state index contributed by atoms with van der Waals surface area (Å²) in [6, 6.07) is 20.4. The Morgan fingerprint density at radius 1 is 0.944 bits per heavy atom. The number of nitrogens with zero attached hydrogens (tertiary/aromatic N) is 1. The second-order valence-corrected chi connectivity index (χ2v) is 10.4. The maximum Gasteiger partial charge on any atom is 0.326 e. The summed E-state index contributed by atoms with van der Waals surface area (Å²) in [7, 11) is 0. The highest BCUT2D eigenvalue weighted by atomic mass is 35.5. The van der Waals surface area contributed by atoms with E-state index in [1.54, 1.807) is 23.1 Å². The molecule has 0 aliphatic carbocycles. The molecule has 3 aromatic rings. The molecule has 0 spiro atoms. The van der Waals surface area contributed by atoms with Crippen LogP contribution >= 0.6 is 23.2 Å². The van der Waals surface area contributed by atoms with Gasteiger partial charge in [-0.25, -0.2) is 4.79 Å². The van der Waals surface area contributed by atoms with Gasteiger partial charge in [0.2, 0.25) is 0 Å². The zero-order chi connectivity index (χ0) is 26.3. The van der Waals surface area contributed by atoms with Crippen LogP contribution in [-0.4, -0.2) is 17.1 Å². The average molecular weight is 525 g/mol. The molecule has 3 aromatic carbocycles. The van der Waals surface area contributed by atoms with Gasteiger partial charge in [0.1, 0.15) is 0 Å². The van der Waals surface area contributed by atoms with Crippen molar-refractivity contribution >= 4 is 52.7 Å². The van der Waals surface area contributed by atoms with E-state index in [4.69, 9.17) is 28.3 Å². The minimum Gasteiger partial charge on any atom is -0.481 e. The first-order valence-electron chi connectivity index (χ1n) is 11.6. The summed E-state index contributed by atoms with van der Waals surface area (Å²) in [5.74, 6) is -0.816. The van der Waals surface area contributed by atoms with E-state index in [0.717, 1.165) is 16.8 Å². The van der Waals surface area contributed by atoms with E-state index in [9.17, 15) is 9.59 Å². The molecule has 0 unspecified atom stereocenters. The van der Waals surface area contributed by atoms with Crippen LogP contribution in [-0.2, 0) is 16.8 Å². The van der Waals surface area contributed by atoms with Crippen molar-refractivity contribution in [2.75, 3.05) is 10.2 Å². The lowest BCUT2D eigenvalue weighted by atomic mass is 9.87. The first-order chi connectivity index (χ1) is 17.0. The first kappa shape index (κ1) is 27.3. The summed E-state index contributed by atoms with van der Waals surface area (Å²) in [6.07, 6.45) is 4.31. The van der Waals surface area contributed by atoms with Crippen molar-refractivity contribution in [3.63, 3.8) is 0 Å². The van der Waals surface area contributed by atoms with E-state index < -0.39 is 5.97 Å². The SMILES string of the molecule is CC(C)(C)c1ccc(N(Cc2ccc(C=CCCC(=O)O)cc2)C(=O)Nc2cc(Cl)cc(Cl)c2)cc1. The highest BCUT2D eigenvalue weighted by Crippen LogP contribution is 2.27. The molecule has 5 nitrogen and oxygen atoms in total. The number of benzene rings is 3. The van der Waals surface area contributed by atoms with Gasteiger partial charge >= 0.3 is 12.0 Å². The molecular weight excluding hydrogens is 495 g/mol. The van der Waals surface area contributed by atoms with Crippen LogP contribution in [0.1, 0.15) is 50.3 Å². The Kier molecular flexibility index (Phi) is 9.19. The minimum absolute atomic E-state index is 0.00301. The smallest absolute Gasteiger partial charge is 0.326 e. The lowest BCUT2D eigenvalue weighted by molar-refractivity contribution is -0.136. The third-order valence-electron chi connectivity index (χ3n) is 5.56. The Bertz CT molecular complexity index is 1210. The molecule has 0 saturated heterocycles. The van der Waals surface area contributed by atoms with Gasteiger partial charge in [-0.05, 0) is 58.9 Å². The van der Waals surface area contributed by atoms with E-state index in [2.05, 4.69) is 26.1 Å². The number of allylic oxidation sites excluding steroid dienone is 1. The van der Waals surface area contributed by atoms with Gasteiger partial charge in [0, 0.05) is 27.8 Å². The summed E-state index contributed by atoms with van der Waals surface area (Å²) < 4.78 is 0. The molecule has 0 radical (unpaired) electrons. The third-order valence-corrected chi connectivity index (χ3v) is 6.00. The molecular formula is C29H30Cl2N2O3. The number of hydrogen-bond acceptors (Lipinski definition) is 2. The quantitative estimate of drug-likeness (QED) is 0.310. The largest absolute Gasteiger partial charge is 0.481 e. The Morgan fingerprint density at radius 2 is 1.56 bits per heavy atom. The molecule has 2 N–H and O–H groups in total. The van der Waals surface area contributed by atoms with Crippen LogP contribution in [0.3, 0.4) is 0 Å². The Hall–Kier alpha value is -3.28. The second kappa shape index (κ2) is 12.1. The number of amides is 2. The van der Waals surface area contributed by atoms with Crippen molar-refractivity contribution in [2.45, 2.75) is 45.6 Å². The van der Waals surface area contributed by atoms with Crippen molar-refractivity contribution < 1.29 is 14.7 Å². The zero-order valence-corrected chi connectivity index (χ0v) is 22.1. The van der Waals surface area contributed by atoms with Crippen molar-refractivity contribution in [3.8, 4) is 0 Å². The van der Waals surface area contributed by atoms with Gasteiger partial charge < -0.3 is 10.4 Å². The van der Waals surface area contributed by atoms with E-state index in [1.807, 2.05) is 60.7 Å². The number of carboxylic acids is 1. The van der Waals surface area contributed by atoms with E-state index >= 15 is 0 Å². The molecule has 3 rings (SSSR count). The number of anilines is 2. The number of carbonyl (C=O) groups is 2. The predicted molar refractivity (Wildman–Crippen MR) is 149 cm³/mol. The van der Waals surface area contributed by atoms with Crippen LogP contribution in [0, 0.1) is 0 Å². The Labute approximate surface area is 222 Å². The number of hydrogen-bond donors (Lipinski definition) is 2. The standard InChI is InChI=1S/C29H30Cl2N2O3/c1-29(2,3)22-12-14-26(15-13-22)33(28(36)32-25-17-23(30)16-24(31)18-25)19-21-10-8-20(9-11-21)6-4-5-7-27(34)35/h4,6,8-18H,5,7,19H2,1-3H3,(H,32,36)(H,34,35). The van der Waals surface area contributed by atoms with Gasteiger partial charge in [-0.15, -0.1) is 0 Å². The lowest BCUT2D eigenvalue weighted by Crippen LogP contribution is -2.34. The van der Waals surface area contributed by atoms with Crippen LogP contribution in [0.5, 0.6) is 0 Å². The van der Waals surface area contributed by atoms with Gasteiger partial charge in [-0.1, -0.05) is 92.5 Å².